The molecule has 2 aromatic carbocycles. The third kappa shape index (κ3) is 4.60. The molecule has 2 aromatic rings. The van der Waals surface area contributed by atoms with Crippen molar-refractivity contribution in [3.05, 3.63) is 69.4 Å². The summed E-state index contributed by atoms with van der Waals surface area (Å²) in [5.41, 5.74) is 2.41. The van der Waals surface area contributed by atoms with Crippen LogP contribution in [0.2, 0.25) is 0 Å². The molecule has 0 amide bonds. The average molecular weight is 393 g/mol. The fraction of sp³-hybridized carbons (Fsp3) is 0.118. The molecule has 108 valence electrons. The first-order chi connectivity index (χ1) is 10.1. The van der Waals surface area contributed by atoms with E-state index in [1.165, 1.54) is 3.57 Å². The summed E-state index contributed by atoms with van der Waals surface area (Å²) in [6, 6.07) is 15.1. The highest BCUT2D eigenvalue weighted by atomic mass is 127. The molecule has 0 atom stereocenters. The number of rotatable bonds is 5. The monoisotopic (exact) mass is 393 g/mol. The van der Waals surface area contributed by atoms with Crippen LogP contribution < -0.4 is 10.1 Å². The van der Waals surface area contributed by atoms with E-state index in [0.29, 0.717) is 5.56 Å². The number of hydrogen-bond donors (Lipinski definition) is 1. The molecule has 3 nitrogen and oxygen atoms in total. The molecule has 0 radical (unpaired) electrons. The molecule has 0 unspecified atom stereocenters. The fourth-order valence-corrected chi connectivity index (χ4v) is 2.19. The molecular formula is C17H16INO2. The summed E-state index contributed by atoms with van der Waals surface area (Å²) in [6.07, 6.45) is 1.60. The lowest BCUT2D eigenvalue weighted by molar-refractivity contribution is 0.104. The molecule has 4 heteroatoms. The van der Waals surface area contributed by atoms with E-state index < -0.39 is 0 Å². The van der Waals surface area contributed by atoms with Crippen LogP contribution in [0.1, 0.15) is 17.3 Å². The smallest absolute Gasteiger partial charge is 0.187 e. The Labute approximate surface area is 138 Å². The van der Waals surface area contributed by atoms with E-state index in [2.05, 4.69) is 27.9 Å². The summed E-state index contributed by atoms with van der Waals surface area (Å²) >= 11 is 2.26. The highest BCUT2D eigenvalue weighted by Gasteiger charge is 2.04. The van der Waals surface area contributed by atoms with Gasteiger partial charge in [0.1, 0.15) is 5.75 Å². The molecule has 0 saturated heterocycles. The zero-order valence-electron chi connectivity index (χ0n) is 11.9. The normalized spacial score (nSPS) is 11.1. The van der Waals surface area contributed by atoms with Crippen LogP contribution in [-0.2, 0) is 0 Å². The molecule has 0 fully saturated rings. The van der Waals surface area contributed by atoms with Crippen LogP contribution in [0.25, 0.3) is 0 Å². The van der Waals surface area contributed by atoms with E-state index in [1.54, 1.807) is 37.5 Å². The van der Waals surface area contributed by atoms with Crippen LogP contribution in [0.15, 0.2) is 60.3 Å². The summed E-state index contributed by atoms with van der Waals surface area (Å²) < 4.78 is 6.25. The van der Waals surface area contributed by atoms with Crippen molar-refractivity contribution in [3.63, 3.8) is 0 Å². The zero-order valence-corrected chi connectivity index (χ0v) is 14.0. The van der Waals surface area contributed by atoms with Crippen LogP contribution in [0.4, 0.5) is 5.69 Å². The molecule has 0 saturated carbocycles. The number of halogens is 1. The number of ether oxygens (including phenoxy) is 1. The van der Waals surface area contributed by atoms with Crippen molar-refractivity contribution in [2.45, 2.75) is 6.92 Å². The largest absolute Gasteiger partial charge is 0.497 e. The Morgan fingerprint density at radius 1 is 1.10 bits per heavy atom. The molecule has 0 bridgehead atoms. The second-order valence-corrected chi connectivity index (χ2v) is 5.80. The van der Waals surface area contributed by atoms with Crippen LogP contribution in [0, 0.1) is 3.57 Å². The highest BCUT2D eigenvalue weighted by molar-refractivity contribution is 14.1. The molecule has 0 spiro atoms. The summed E-state index contributed by atoms with van der Waals surface area (Å²) in [6.45, 7) is 1.87. The molecule has 0 aliphatic carbocycles. The van der Waals surface area contributed by atoms with Crippen LogP contribution in [0.5, 0.6) is 5.75 Å². The second kappa shape index (κ2) is 7.26. The maximum Gasteiger partial charge on any atom is 0.187 e. The molecule has 1 N–H and O–H groups in total. The van der Waals surface area contributed by atoms with E-state index in [4.69, 9.17) is 4.74 Å². The molecule has 0 heterocycles. The predicted molar refractivity (Wildman–Crippen MR) is 93.9 cm³/mol. The number of nitrogens with one attached hydrogen (secondary N) is 1. The standard InChI is InChI=1S/C17H16INO2/c1-12(19-15-7-5-14(18)6-8-15)11-17(20)13-3-9-16(21-2)10-4-13/h3-11,19H,1-2H3/b12-11+. The number of hydrogen-bond acceptors (Lipinski definition) is 3. The number of ketones is 1. The van der Waals surface area contributed by atoms with Crippen molar-refractivity contribution in [1.82, 2.24) is 0 Å². The minimum Gasteiger partial charge on any atom is -0.497 e. The summed E-state index contributed by atoms with van der Waals surface area (Å²) in [5, 5.41) is 3.20. The van der Waals surface area contributed by atoms with E-state index in [1.807, 2.05) is 31.2 Å². The van der Waals surface area contributed by atoms with Crippen molar-refractivity contribution in [3.8, 4) is 5.75 Å². The number of methoxy groups -OCH3 is 1. The number of carbonyl (C=O) groups is 1. The third-order valence-corrected chi connectivity index (χ3v) is 3.63. The Morgan fingerprint density at radius 2 is 1.71 bits per heavy atom. The highest BCUT2D eigenvalue weighted by Crippen LogP contribution is 2.15. The van der Waals surface area contributed by atoms with E-state index in [-0.39, 0.29) is 5.78 Å². The van der Waals surface area contributed by atoms with Gasteiger partial charge in [-0.3, -0.25) is 4.79 Å². The minimum atomic E-state index is -0.0341. The van der Waals surface area contributed by atoms with Gasteiger partial charge in [0.15, 0.2) is 5.78 Å². The quantitative estimate of drug-likeness (QED) is 0.462. The molecule has 21 heavy (non-hydrogen) atoms. The lowest BCUT2D eigenvalue weighted by Crippen LogP contribution is -2.01. The van der Waals surface area contributed by atoms with Crippen LogP contribution in [-0.4, -0.2) is 12.9 Å². The van der Waals surface area contributed by atoms with Gasteiger partial charge in [-0.25, -0.2) is 0 Å². The Kier molecular flexibility index (Phi) is 5.38. The van der Waals surface area contributed by atoms with Gasteiger partial charge in [0.2, 0.25) is 0 Å². The van der Waals surface area contributed by atoms with Crippen molar-refractivity contribution in [1.29, 1.82) is 0 Å². The number of carbonyl (C=O) groups excluding carboxylic acids is 1. The van der Waals surface area contributed by atoms with Gasteiger partial charge < -0.3 is 10.1 Å². The van der Waals surface area contributed by atoms with Gasteiger partial charge in [-0.05, 0) is 78.0 Å². The van der Waals surface area contributed by atoms with Crippen molar-refractivity contribution in [2.24, 2.45) is 0 Å². The number of allylic oxidation sites excluding steroid dienone is 2. The molecule has 0 aliphatic rings. The molecule has 0 aliphatic heterocycles. The lowest BCUT2D eigenvalue weighted by Gasteiger charge is -2.06. The second-order valence-electron chi connectivity index (χ2n) is 4.55. The van der Waals surface area contributed by atoms with E-state index in [9.17, 15) is 4.79 Å². The van der Waals surface area contributed by atoms with Gasteiger partial charge in [-0.15, -0.1) is 0 Å². The minimum absolute atomic E-state index is 0.0341. The van der Waals surface area contributed by atoms with Crippen molar-refractivity contribution >= 4 is 34.1 Å². The van der Waals surface area contributed by atoms with Gasteiger partial charge in [-0.1, -0.05) is 0 Å². The Balaban J connectivity index is 2.06. The summed E-state index contributed by atoms with van der Waals surface area (Å²) in [7, 11) is 1.60. The van der Waals surface area contributed by atoms with Crippen LogP contribution in [0.3, 0.4) is 0 Å². The van der Waals surface area contributed by atoms with Gasteiger partial charge in [0.05, 0.1) is 7.11 Å². The zero-order chi connectivity index (χ0) is 15.2. The third-order valence-electron chi connectivity index (χ3n) is 2.91. The summed E-state index contributed by atoms with van der Waals surface area (Å²) in [4.78, 5) is 12.1. The van der Waals surface area contributed by atoms with Crippen LogP contribution >= 0.6 is 22.6 Å². The SMILES string of the molecule is COc1ccc(C(=O)/C=C(\C)Nc2ccc(I)cc2)cc1. The van der Waals surface area contributed by atoms with Crippen molar-refractivity contribution < 1.29 is 9.53 Å². The molecule has 2 rings (SSSR count). The lowest BCUT2D eigenvalue weighted by atomic mass is 10.1. The summed E-state index contributed by atoms with van der Waals surface area (Å²) in [5.74, 6) is 0.706. The maximum absolute atomic E-state index is 12.1. The van der Waals surface area contributed by atoms with Gasteiger partial charge in [0.25, 0.3) is 0 Å². The van der Waals surface area contributed by atoms with Gasteiger partial charge in [0, 0.05) is 26.6 Å². The first kappa shape index (κ1) is 15.6. The average Bonchev–Trinajstić information content (AvgIpc) is 2.49. The number of benzene rings is 2. The van der Waals surface area contributed by atoms with Gasteiger partial charge in [-0.2, -0.15) is 0 Å². The maximum atomic E-state index is 12.1. The molecule has 0 aromatic heterocycles. The van der Waals surface area contributed by atoms with E-state index >= 15 is 0 Å². The Bertz CT molecular complexity index is 645. The first-order valence-corrected chi connectivity index (χ1v) is 7.55. The Morgan fingerprint density at radius 3 is 2.29 bits per heavy atom. The topological polar surface area (TPSA) is 38.3 Å². The first-order valence-electron chi connectivity index (χ1n) is 6.48. The fourth-order valence-electron chi connectivity index (χ4n) is 1.83. The van der Waals surface area contributed by atoms with E-state index in [0.717, 1.165) is 17.1 Å². The Hall–Kier alpha value is -1.82. The molecular weight excluding hydrogens is 377 g/mol. The van der Waals surface area contributed by atoms with Crippen molar-refractivity contribution in [2.75, 3.05) is 12.4 Å². The predicted octanol–water partition coefficient (Wildman–Crippen LogP) is 4.50. The number of anilines is 1. The van der Waals surface area contributed by atoms with Gasteiger partial charge >= 0.3 is 0 Å².